The summed E-state index contributed by atoms with van der Waals surface area (Å²) >= 11 is 0. The lowest BCUT2D eigenvalue weighted by Crippen LogP contribution is -2.16. The van der Waals surface area contributed by atoms with E-state index in [1.807, 2.05) is 24.3 Å². The van der Waals surface area contributed by atoms with Gasteiger partial charge in [0.1, 0.15) is 12.9 Å². The van der Waals surface area contributed by atoms with E-state index in [-0.39, 0.29) is 11.7 Å². The maximum absolute atomic E-state index is 8.52. The number of aromatic nitrogens is 3. The molecule has 1 heterocycles. The third-order valence-corrected chi connectivity index (χ3v) is 2.52. The Hall–Kier alpha value is -2.77. The van der Waals surface area contributed by atoms with Gasteiger partial charge >= 0.3 is 0 Å². The molecule has 0 fully saturated rings. The van der Waals surface area contributed by atoms with Crippen LogP contribution in [0.4, 0.5) is 0 Å². The van der Waals surface area contributed by atoms with E-state index in [0.29, 0.717) is 24.7 Å². The molecule has 1 aromatic heterocycles. The Morgan fingerprint density at radius 2 is 2.15 bits per heavy atom. The monoisotopic (exact) mass is 277 g/mol. The van der Waals surface area contributed by atoms with Crippen molar-refractivity contribution in [3.63, 3.8) is 0 Å². The van der Waals surface area contributed by atoms with Gasteiger partial charge in [0.05, 0.1) is 13.7 Å². The largest absolute Gasteiger partial charge is 0.493 e. The third kappa shape index (κ3) is 3.16. The van der Waals surface area contributed by atoms with E-state index in [1.54, 1.807) is 11.8 Å². The SMILES string of the molecule is COc1ccccc1OCCn1cnc(C(N)=NO)n1. The van der Waals surface area contributed by atoms with E-state index in [1.165, 1.54) is 6.33 Å². The second-order valence-corrected chi connectivity index (χ2v) is 3.82. The van der Waals surface area contributed by atoms with Crippen LogP contribution in [-0.2, 0) is 6.54 Å². The van der Waals surface area contributed by atoms with Gasteiger partial charge in [-0.3, -0.25) is 0 Å². The molecule has 0 aliphatic rings. The van der Waals surface area contributed by atoms with Crippen LogP contribution in [0.15, 0.2) is 35.7 Å². The van der Waals surface area contributed by atoms with Crippen molar-refractivity contribution in [3.05, 3.63) is 36.4 Å². The molecule has 8 nitrogen and oxygen atoms in total. The van der Waals surface area contributed by atoms with E-state index in [0.717, 1.165) is 0 Å². The van der Waals surface area contributed by atoms with Crippen molar-refractivity contribution < 1.29 is 14.7 Å². The van der Waals surface area contributed by atoms with Gasteiger partial charge in [-0.05, 0) is 12.1 Å². The molecular weight excluding hydrogens is 262 g/mol. The minimum Gasteiger partial charge on any atom is -0.493 e. The van der Waals surface area contributed by atoms with E-state index < -0.39 is 0 Å². The Bertz CT molecular complexity index is 596. The second-order valence-electron chi connectivity index (χ2n) is 3.82. The lowest BCUT2D eigenvalue weighted by Gasteiger charge is -2.09. The minimum atomic E-state index is -0.130. The molecular formula is C12H15N5O3. The Labute approximate surface area is 115 Å². The Kier molecular flexibility index (Phi) is 4.38. The van der Waals surface area contributed by atoms with Crippen molar-refractivity contribution in [3.8, 4) is 11.5 Å². The molecule has 0 saturated heterocycles. The summed E-state index contributed by atoms with van der Waals surface area (Å²) in [5, 5.41) is 15.4. The molecule has 2 aromatic rings. The quantitative estimate of drug-likeness (QED) is 0.344. The predicted octanol–water partition coefficient (Wildman–Crippen LogP) is 0.460. The van der Waals surface area contributed by atoms with Crippen molar-refractivity contribution in [2.45, 2.75) is 6.54 Å². The van der Waals surface area contributed by atoms with Gasteiger partial charge in [0.25, 0.3) is 0 Å². The summed E-state index contributed by atoms with van der Waals surface area (Å²) in [7, 11) is 1.59. The molecule has 0 saturated carbocycles. The van der Waals surface area contributed by atoms with Crippen molar-refractivity contribution in [1.82, 2.24) is 14.8 Å². The first-order valence-electron chi connectivity index (χ1n) is 5.87. The molecule has 0 radical (unpaired) electrons. The number of methoxy groups -OCH3 is 1. The zero-order valence-electron chi connectivity index (χ0n) is 10.9. The van der Waals surface area contributed by atoms with Gasteiger partial charge in [0.2, 0.25) is 11.7 Å². The molecule has 3 N–H and O–H groups in total. The highest BCUT2D eigenvalue weighted by atomic mass is 16.5. The molecule has 20 heavy (non-hydrogen) atoms. The molecule has 0 bridgehead atoms. The summed E-state index contributed by atoms with van der Waals surface area (Å²) in [5.74, 6) is 1.37. The summed E-state index contributed by atoms with van der Waals surface area (Å²) < 4.78 is 12.3. The maximum Gasteiger partial charge on any atom is 0.219 e. The van der Waals surface area contributed by atoms with Gasteiger partial charge in [0.15, 0.2) is 11.5 Å². The highest BCUT2D eigenvalue weighted by molar-refractivity contribution is 5.93. The molecule has 0 aliphatic heterocycles. The van der Waals surface area contributed by atoms with E-state index in [4.69, 9.17) is 20.4 Å². The average Bonchev–Trinajstić information content (AvgIpc) is 2.96. The number of rotatable bonds is 6. The summed E-state index contributed by atoms with van der Waals surface area (Å²) in [6, 6.07) is 7.37. The normalized spacial score (nSPS) is 11.3. The van der Waals surface area contributed by atoms with E-state index >= 15 is 0 Å². The molecule has 8 heteroatoms. The highest BCUT2D eigenvalue weighted by Crippen LogP contribution is 2.25. The second kappa shape index (κ2) is 6.41. The van der Waals surface area contributed by atoms with Gasteiger partial charge in [-0.1, -0.05) is 17.3 Å². The average molecular weight is 277 g/mol. The maximum atomic E-state index is 8.52. The molecule has 0 unspecified atom stereocenters. The summed E-state index contributed by atoms with van der Waals surface area (Å²) in [6.07, 6.45) is 1.49. The number of oxime groups is 1. The molecule has 106 valence electrons. The smallest absolute Gasteiger partial charge is 0.219 e. The Balaban J connectivity index is 1.91. The number of amidine groups is 1. The van der Waals surface area contributed by atoms with Crippen LogP contribution in [0, 0.1) is 0 Å². The van der Waals surface area contributed by atoms with Crippen LogP contribution in [0.25, 0.3) is 0 Å². The van der Waals surface area contributed by atoms with E-state index in [9.17, 15) is 0 Å². The van der Waals surface area contributed by atoms with Gasteiger partial charge in [0, 0.05) is 0 Å². The lowest BCUT2D eigenvalue weighted by molar-refractivity contribution is 0.274. The van der Waals surface area contributed by atoms with Gasteiger partial charge < -0.3 is 20.4 Å². The molecule has 1 aromatic carbocycles. The number of hydrogen-bond donors (Lipinski definition) is 2. The van der Waals surface area contributed by atoms with Crippen molar-refractivity contribution in [2.75, 3.05) is 13.7 Å². The molecule has 0 aliphatic carbocycles. The third-order valence-electron chi connectivity index (χ3n) is 2.52. The number of hydrogen-bond acceptors (Lipinski definition) is 6. The number of ether oxygens (including phenoxy) is 2. The van der Waals surface area contributed by atoms with Crippen LogP contribution in [0.5, 0.6) is 11.5 Å². The number of para-hydroxylation sites is 2. The van der Waals surface area contributed by atoms with E-state index in [2.05, 4.69) is 15.2 Å². The van der Waals surface area contributed by atoms with Crippen LogP contribution in [0.1, 0.15) is 5.82 Å². The number of nitrogens with two attached hydrogens (primary N) is 1. The fourth-order valence-corrected chi connectivity index (χ4v) is 1.55. The van der Waals surface area contributed by atoms with Crippen molar-refractivity contribution in [2.24, 2.45) is 10.9 Å². The molecule has 0 atom stereocenters. The number of nitrogens with zero attached hydrogens (tertiary/aromatic N) is 4. The zero-order valence-corrected chi connectivity index (χ0v) is 10.9. The molecule has 2 rings (SSSR count). The summed E-state index contributed by atoms with van der Waals surface area (Å²) in [6.45, 7) is 0.864. The van der Waals surface area contributed by atoms with Crippen LogP contribution < -0.4 is 15.2 Å². The van der Waals surface area contributed by atoms with Crippen LogP contribution >= 0.6 is 0 Å². The highest BCUT2D eigenvalue weighted by Gasteiger charge is 2.06. The lowest BCUT2D eigenvalue weighted by atomic mass is 10.3. The zero-order chi connectivity index (χ0) is 14.4. The topological polar surface area (TPSA) is 108 Å². The molecule has 0 amide bonds. The summed E-state index contributed by atoms with van der Waals surface area (Å²) in [5.41, 5.74) is 5.38. The fraction of sp³-hybridized carbons (Fsp3) is 0.250. The minimum absolute atomic E-state index is 0.130. The first kappa shape index (κ1) is 13.7. The van der Waals surface area contributed by atoms with Crippen molar-refractivity contribution >= 4 is 5.84 Å². The van der Waals surface area contributed by atoms with Crippen molar-refractivity contribution in [1.29, 1.82) is 0 Å². The van der Waals surface area contributed by atoms with Gasteiger partial charge in [-0.2, -0.15) is 0 Å². The van der Waals surface area contributed by atoms with Gasteiger partial charge in [-0.15, -0.1) is 5.10 Å². The predicted molar refractivity (Wildman–Crippen MR) is 71.0 cm³/mol. The Morgan fingerprint density at radius 3 is 2.85 bits per heavy atom. The van der Waals surface area contributed by atoms with Gasteiger partial charge in [-0.25, -0.2) is 9.67 Å². The van der Waals surface area contributed by atoms with Crippen LogP contribution in [0.3, 0.4) is 0 Å². The fourth-order valence-electron chi connectivity index (χ4n) is 1.55. The first-order valence-corrected chi connectivity index (χ1v) is 5.87. The number of benzene rings is 1. The first-order chi connectivity index (χ1) is 9.74. The Morgan fingerprint density at radius 1 is 1.40 bits per heavy atom. The summed E-state index contributed by atoms with van der Waals surface area (Å²) in [4.78, 5) is 3.90. The standard InChI is InChI=1S/C12H15N5O3/c1-19-9-4-2-3-5-10(9)20-7-6-17-8-14-12(15-17)11(13)16-18/h2-5,8,18H,6-7H2,1H3,(H2,13,16). The molecule has 0 spiro atoms. The van der Waals surface area contributed by atoms with Crippen LogP contribution in [-0.4, -0.2) is 39.5 Å². The van der Waals surface area contributed by atoms with Crippen LogP contribution in [0.2, 0.25) is 0 Å².